The first-order chi connectivity index (χ1) is 1.00. The summed E-state index contributed by atoms with van der Waals surface area (Å²) >= 11 is 0.125. The van der Waals surface area contributed by atoms with E-state index >= 15 is 0 Å². The van der Waals surface area contributed by atoms with Crippen molar-refractivity contribution in [2.75, 3.05) is 0 Å². The van der Waals surface area contributed by atoms with Gasteiger partial charge in [-0.05, 0) is 0 Å². The summed E-state index contributed by atoms with van der Waals surface area (Å²) in [5.74, 6) is 0. The van der Waals surface area contributed by atoms with E-state index < -0.39 is 0 Å². The van der Waals surface area contributed by atoms with Crippen LogP contribution < -0.4 is 0 Å². The second-order valence-corrected chi connectivity index (χ2v) is 0. The molecule has 23 valence electrons. The Morgan fingerprint density at radius 1 is 1.20 bits per heavy atom. The molecule has 1 nitrogen and oxygen atoms in total. The van der Waals surface area contributed by atoms with E-state index in [4.69, 9.17) is 3.57 Å². The van der Waals surface area contributed by atoms with Crippen molar-refractivity contribution in [3.63, 3.8) is 0 Å². The van der Waals surface area contributed by atoms with Crippen molar-refractivity contribution >= 4 is 49.8 Å². The van der Waals surface area contributed by atoms with Crippen LogP contribution in [0.3, 0.4) is 0 Å². The van der Waals surface area contributed by atoms with Gasteiger partial charge in [-0.2, -0.15) is 0 Å². The molecule has 0 amide bonds. The molecule has 0 bridgehead atoms. The fourth-order valence-corrected chi connectivity index (χ4v) is 0. The van der Waals surface area contributed by atoms with Crippen molar-refractivity contribution in [3.8, 4) is 0 Å². The quantitative estimate of drug-likeness (QED) is 0.374. The normalized spacial score (nSPS) is 1.20. The molecule has 0 rings (SSSR count). The van der Waals surface area contributed by atoms with Crippen LogP contribution in [0.2, 0.25) is 0 Å². The third-order valence-corrected chi connectivity index (χ3v) is 0. The Hall–Kier alpha value is 3.46. The van der Waals surface area contributed by atoms with Gasteiger partial charge in [0.05, 0.1) is 0 Å². The molecule has 0 fully saturated rings. The summed E-state index contributed by atoms with van der Waals surface area (Å²) in [5, 5.41) is 0. The third-order valence-electron chi connectivity index (χ3n) is 0. The van der Waals surface area contributed by atoms with E-state index in [9.17, 15) is 0 Å². The fraction of sp³-hybridized carbons (Fsp3) is 0. The van der Waals surface area contributed by atoms with Crippen molar-refractivity contribution in [1.29, 1.82) is 0 Å². The van der Waals surface area contributed by atoms with E-state index in [1.54, 1.807) is 0 Å². The van der Waals surface area contributed by atoms with Gasteiger partial charge in [-0.15, -0.1) is 0 Å². The van der Waals surface area contributed by atoms with Gasteiger partial charge in [0.2, 0.25) is 0 Å². The van der Waals surface area contributed by atoms with E-state index in [0.717, 1.165) is 0 Å². The average Bonchev–Trinajstić information content (AvgIpc) is 1.00. The van der Waals surface area contributed by atoms with Gasteiger partial charge in [0.1, 0.15) is 0 Å². The zero-order chi connectivity index (χ0) is 2.00. The first-order valence-corrected chi connectivity index (χ1v) is 1.50. The Kier molecular flexibility index (Phi) is 123. The third kappa shape index (κ3) is 18.6. The molecule has 5 heavy (non-hydrogen) atoms. The van der Waals surface area contributed by atoms with E-state index in [1.807, 2.05) is 0 Å². The van der Waals surface area contributed by atoms with Crippen LogP contribution in [0.5, 0.6) is 0 Å². The van der Waals surface area contributed by atoms with Gasteiger partial charge in [-0.25, -0.2) is 0 Å². The van der Waals surface area contributed by atoms with Crippen molar-refractivity contribution in [3.05, 3.63) is 0 Å². The predicted octanol–water partition coefficient (Wildman–Crippen LogP) is -2.22. The maximum atomic E-state index is 8.38. The van der Waals surface area contributed by atoms with Crippen molar-refractivity contribution in [2.24, 2.45) is 0 Å². The monoisotopic (exact) mass is 461 g/mol. The van der Waals surface area contributed by atoms with Crippen LogP contribution in [0.1, 0.15) is 0 Å². The van der Waals surface area contributed by atoms with Crippen LogP contribution in [0, 0.1) is 41.3 Å². The number of rotatable bonds is 0. The van der Waals surface area contributed by atoms with E-state index in [0.29, 0.717) is 0 Å². The average molecular weight is 461 g/mol. The van der Waals surface area contributed by atoms with Gasteiger partial charge >= 0.3 is 71.6 Å². The molecular weight excluding hydrogens is 456 g/mol. The van der Waals surface area contributed by atoms with E-state index in [2.05, 4.69) is 0 Å². The van der Waals surface area contributed by atoms with Gasteiger partial charge in [0.25, 0.3) is 0 Å². The van der Waals surface area contributed by atoms with E-state index in [-0.39, 0.29) is 109 Å². The van der Waals surface area contributed by atoms with Crippen molar-refractivity contribution in [1.82, 2.24) is 0 Å². The molecule has 0 unspecified atom stereocenters. The Balaban J connectivity index is -0.00000000167. The Morgan fingerprint density at radius 2 is 1.20 bits per heavy atom. The topological polar surface area (TPSA) is 17.1 Å². The molecule has 0 saturated heterocycles. The van der Waals surface area contributed by atoms with Crippen LogP contribution in [0.25, 0.3) is 0 Å². The van der Waals surface area contributed by atoms with Crippen molar-refractivity contribution in [2.45, 2.75) is 0 Å². The van der Waals surface area contributed by atoms with Crippen LogP contribution in [0.15, 0.2) is 0 Å². The first kappa shape index (κ1) is 23.7. The summed E-state index contributed by atoms with van der Waals surface area (Å²) < 4.78 is 8.38. The standard InChI is InChI=1S/In.O.Pr.Sn.Zn.5H. The minimum absolute atomic E-state index is 0. The second kappa shape index (κ2) is 26.0. The molecule has 0 aromatic rings. The molecule has 0 aromatic heterocycles. The van der Waals surface area contributed by atoms with Crippen molar-refractivity contribution < 1.29 is 63.1 Å². The first-order valence-electron chi connectivity index (χ1n) is 0.289. The van der Waals surface area contributed by atoms with E-state index in [1.165, 1.54) is 0 Å². The number of hydrogen-bond acceptors (Lipinski definition) is 1. The predicted molar refractivity (Wildman–Crippen MR) is 19.2 cm³/mol. The summed E-state index contributed by atoms with van der Waals surface area (Å²) in [4.78, 5) is 0. The molecule has 0 aliphatic carbocycles. The van der Waals surface area contributed by atoms with Crippen LogP contribution in [-0.4, -0.2) is 49.8 Å². The Labute approximate surface area is 110 Å². The molecule has 0 heterocycles. The molecule has 0 saturated carbocycles. The summed E-state index contributed by atoms with van der Waals surface area (Å²) in [6.45, 7) is 0. The summed E-state index contributed by atoms with van der Waals surface area (Å²) in [6.07, 6.45) is 0. The van der Waals surface area contributed by atoms with Crippen LogP contribution >= 0.6 is 0 Å². The molecule has 5 heteroatoms. The molecule has 0 aliphatic rings. The molecule has 0 N–H and O–H groups in total. The zero-order valence-electron chi connectivity index (χ0n) is 2.40. The molecule has 0 aliphatic heterocycles. The Bertz CT molecular complexity index is 11.6. The molecule has 0 spiro atoms. The zero-order valence-corrected chi connectivity index (χ0v) is 13.1. The van der Waals surface area contributed by atoms with Crippen LogP contribution in [-0.2, 0) is 21.8 Å². The maximum absolute atomic E-state index is 8.38. The van der Waals surface area contributed by atoms with Gasteiger partial charge in [0, 0.05) is 41.3 Å². The SMILES string of the molecule is [InH3].[O]=[Zn].[Pr].[SnH2]. The summed E-state index contributed by atoms with van der Waals surface area (Å²) in [7, 11) is 0. The van der Waals surface area contributed by atoms with Gasteiger partial charge in [0.15, 0.2) is 0 Å². The fourth-order valence-electron chi connectivity index (χ4n) is 0. The van der Waals surface area contributed by atoms with Gasteiger partial charge in [-0.3, -0.25) is 0 Å². The number of hydrogen-bond donors (Lipinski definition) is 0. The Morgan fingerprint density at radius 3 is 1.20 bits per heavy atom. The summed E-state index contributed by atoms with van der Waals surface area (Å²) in [5.41, 5.74) is 0. The second-order valence-electron chi connectivity index (χ2n) is 0. The van der Waals surface area contributed by atoms with Gasteiger partial charge in [-0.1, -0.05) is 0 Å². The molecule has 3 radical (unpaired) electrons. The van der Waals surface area contributed by atoms with Gasteiger partial charge < -0.3 is 0 Å². The molecular formula is H5InOPrSnZn. The summed E-state index contributed by atoms with van der Waals surface area (Å²) in [6, 6.07) is 0. The minimum atomic E-state index is 0. The molecule has 0 aromatic carbocycles. The molecule has 0 atom stereocenters. The van der Waals surface area contributed by atoms with Crippen LogP contribution in [0.4, 0.5) is 0 Å².